The smallest absolute Gasteiger partial charge is 0.237 e. The lowest BCUT2D eigenvalue weighted by Gasteiger charge is -2.26. The number of aromatic nitrogens is 2. The largest absolute Gasteiger partial charge is 0.355 e. The number of nitrogens with zero attached hydrogens (tertiary/aromatic N) is 3. The highest BCUT2D eigenvalue weighted by atomic mass is 32.1. The molecule has 2 aromatic heterocycles. The van der Waals surface area contributed by atoms with E-state index in [1.807, 2.05) is 17.5 Å². The number of carbonyl (C=O) groups is 1. The predicted octanol–water partition coefficient (Wildman–Crippen LogP) is 2.33. The number of aryl methyl sites for hydroxylation is 1. The lowest BCUT2D eigenvalue weighted by Crippen LogP contribution is -2.44. The minimum Gasteiger partial charge on any atom is -0.355 e. The molecule has 23 heavy (non-hydrogen) atoms. The number of hydrogen-bond donors (Lipinski definition) is 1. The van der Waals surface area contributed by atoms with E-state index < -0.39 is 0 Å². The fourth-order valence-corrected chi connectivity index (χ4v) is 3.59. The van der Waals surface area contributed by atoms with E-state index in [1.54, 1.807) is 11.3 Å². The van der Waals surface area contributed by atoms with Gasteiger partial charge in [-0.15, -0.1) is 11.3 Å². The highest BCUT2D eigenvalue weighted by molar-refractivity contribution is 7.13. The van der Waals surface area contributed by atoms with Crippen molar-refractivity contribution in [3.05, 3.63) is 23.4 Å². The van der Waals surface area contributed by atoms with Crippen molar-refractivity contribution in [2.45, 2.75) is 38.6 Å². The molecule has 0 saturated carbocycles. The Kier molecular flexibility index (Phi) is 5.40. The summed E-state index contributed by atoms with van der Waals surface area (Å²) in [5.74, 6) is 1.49. The Morgan fingerprint density at radius 2 is 2.43 bits per heavy atom. The first-order chi connectivity index (χ1) is 11.3. The topological polar surface area (TPSA) is 71.3 Å². The molecule has 7 heteroatoms. The molecule has 0 radical (unpaired) electrons. The molecule has 6 nitrogen and oxygen atoms in total. The van der Waals surface area contributed by atoms with Crippen molar-refractivity contribution in [1.29, 1.82) is 0 Å². The summed E-state index contributed by atoms with van der Waals surface area (Å²) in [7, 11) is 0. The zero-order chi connectivity index (χ0) is 16.1. The maximum atomic E-state index is 12.0. The van der Waals surface area contributed by atoms with E-state index in [9.17, 15) is 4.79 Å². The minimum atomic E-state index is -0.0122. The highest BCUT2D eigenvalue weighted by Crippen LogP contribution is 2.21. The molecule has 3 rings (SSSR count). The monoisotopic (exact) mass is 334 g/mol. The van der Waals surface area contributed by atoms with Gasteiger partial charge in [0.1, 0.15) is 0 Å². The molecule has 0 spiro atoms. The van der Waals surface area contributed by atoms with E-state index in [-0.39, 0.29) is 11.9 Å². The van der Waals surface area contributed by atoms with Crippen molar-refractivity contribution in [3.8, 4) is 10.7 Å². The van der Waals surface area contributed by atoms with Crippen LogP contribution in [0.2, 0.25) is 0 Å². The van der Waals surface area contributed by atoms with Gasteiger partial charge in [0.05, 0.1) is 10.9 Å². The van der Waals surface area contributed by atoms with Gasteiger partial charge < -0.3 is 9.84 Å². The Labute approximate surface area is 139 Å². The summed E-state index contributed by atoms with van der Waals surface area (Å²) >= 11 is 1.60. The van der Waals surface area contributed by atoms with Crippen LogP contribution in [0.4, 0.5) is 0 Å². The summed E-state index contributed by atoms with van der Waals surface area (Å²) in [6, 6.07) is 3.95. The van der Waals surface area contributed by atoms with Crippen molar-refractivity contribution in [2.75, 3.05) is 19.6 Å². The molecule has 124 valence electrons. The van der Waals surface area contributed by atoms with Crippen molar-refractivity contribution < 1.29 is 9.32 Å². The zero-order valence-corrected chi connectivity index (χ0v) is 14.1. The third-order valence-electron chi connectivity index (χ3n) is 4.10. The zero-order valence-electron chi connectivity index (χ0n) is 13.3. The number of nitrogens with one attached hydrogen (secondary N) is 1. The Balaban J connectivity index is 1.53. The second-order valence-electron chi connectivity index (χ2n) is 5.70. The van der Waals surface area contributed by atoms with Crippen LogP contribution in [0.3, 0.4) is 0 Å². The van der Waals surface area contributed by atoms with Gasteiger partial charge in [0, 0.05) is 19.5 Å². The van der Waals surface area contributed by atoms with Gasteiger partial charge in [-0.25, -0.2) is 0 Å². The third kappa shape index (κ3) is 3.97. The molecule has 1 N–H and O–H groups in total. The fourth-order valence-electron chi connectivity index (χ4n) is 2.94. The Morgan fingerprint density at radius 1 is 1.52 bits per heavy atom. The molecule has 1 fully saturated rings. The van der Waals surface area contributed by atoms with Crippen molar-refractivity contribution in [3.63, 3.8) is 0 Å². The van der Waals surface area contributed by atoms with Crippen LogP contribution >= 0.6 is 11.3 Å². The molecule has 0 aromatic carbocycles. The number of rotatable bonds is 6. The van der Waals surface area contributed by atoms with Crippen LogP contribution in [0.1, 0.15) is 32.1 Å². The van der Waals surface area contributed by atoms with Crippen LogP contribution < -0.4 is 5.32 Å². The maximum absolute atomic E-state index is 12.0. The third-order valence-corrected chi connectivity index (χ3v) is 4.96. The summed E-state index contributed by atoms with van der Waals surface area (Å²) in [4.78, 5) is 19.8. The highest BCUT2D eigenvalue weighted by Gasteiger charge is 2.25. The minimum absolute atomic E-state index is 0.0122. The second-order valence-corrected chi connectivity index (χ2v) is 6.64. The van der Waals surface area contributed by atoms with Gasteiger partial charge in [0.2, 0.25) is 17.6 Å². The molecular weight excluding hydrogens is 312 g/mol. The Bertz CT molecular complexity index is 626. The summed E-state index contributed by atoms with van der Waals surface area (Å²) < 4.78 is 5.32. The van der Waals surface area contributed by atoms with Crippen molar-refractivity contribution in [2.24, 2.45) is 0 Å². The Hall–Kier alpha value is -1.73. The second kappa shape index (κ2) is 7.70. The van der Waals surface area contributed by atoms with Crippen LogP contribution in [-0.2, 0) is 11.2 Å². The van der Waals surface area contributed by atoms with Crippen LogP contribution in [0.15, 0.2) is 22.0 Å². The van der Waals surface area contributed by atoms with Gasteiger partial charge in [0.15, 0.2) is 0 Å². The van der Waals surface area contributed by atoms with Gasteiger partial charge >= 0.3 is 0 Å². The van der Waals surface area contributed by atoms with E-state index in [2.05, 4.69) is 27.3 Å². The molecule has 2 aromatic rings. The van der Waals surface area contributed by atoms with Crippen LogP contribution in [-0.4, -0.2) is 46.6 Å². The van der Waals surface area contributed by atoms with Gasteiger partial charge in [-0.2, -0.15) is 4.98 Å². The molecule has 1 aliphatic rings. The predicted molar refractivity (Wildman–Crippen MR) is 89.2 cm³/mol. The molecule has 1 atom stereocenters. The first kappa shape index (κ1) is 16.1. The van der Waals surface area contributed by atoms with E-state index in [1.165, 1.54) is 0 Å². The van der Waals surface area contributed by atoms with Crippen LogP contribution in [0, 0.1) is 0 Å². The SMILES string of the molecule is CC[C@H]1C(=O)NCCCN1CCCc1nc(-c2cccs2)no1. The number of hydrogen-bond acceptors (Lipinski definition) is 6. The maximum Gasteiger partial charge on any atom is 0.237 e. The molecule has 1 aliphatic heterocycles. The van der Waals surface area contributed by atoms with Crippen molar-refractivity contribution >= 4 is 17.2 Å². The van der Waals surface area contributed by atoms with E-state index in [4.69, 9.17) is 4.52 Å². The number of amides is 1. The van der Waals surface area contributed by atoms with Gasteiger partial charge in [-0.3, -0.25) is 9.69 Å². The summed E-state index contributed by atoms with van der Waals surface area (Å²) in [6.45, 7) is 4.68. The molecule has 3 heterocycles. The summed E-state index contributed by atoms with van der Waals surface area (Å²) in [6.07, 6.45) is 3.50. The number of thiophene rings is 1. The molecule has 0 aliphatic carbocycles. The fraction of sp³-hybridized carbons (Fsp3) is 0.562. The molecular formula is C16H22N4O2S. The van der Waals surface area contributed by atoms with E-state index in [0.29, 0.717) is 11.7 Å². The molecule has 1 saturated heterocycles. The molecule has 0 bridgehead atoms. The first-order valence-corrected chi connectivity index (χ1v) is 9.04. The first-order valence-electron chi connectivity index (χ1n) is 8.16. The average Bonchev–Trinajstić information content (AvgIpc) is 3.19. The number of carbonyl (C=O) groups excluding carboxylic acids is 1. The van der Waals surface area contributed by atoms with Gasteiger partial charge in [-0.1, -0.05) is 18.1 Å². The summed E-state index contributed by atoms with van der Waals surface area (Å²) in [5, 5.41) is 9.01. The van der Waals surface area contributed by atoms with Crippen molar-refractivity contribution in [1.82, 2.24) is 20.4 Å². The van der Waals surface area contributed by atoms with Crippen LogP contribution in [0.5, 0.6) is 0 Å². The Morgan fingerprint density at radius 3 is 3.22 bits per heavy atom. The summed E-state index contributed by atoms with van der Waals surface area (Å²) in [5.41, 5.74) is 0. The average molecular weight is 334 g/mol. The lowest BCUT2D eigenvalue weighted by atomic mass is 10.1. The lowest BCUT2D eigenvalue weighted by molar-refractivity contribution is -0.125. The van der Waals surface area contributed by atoms with Gasteiger partial charge in [0.25, 0.3) is 0 Å². The molecule has 1 amide bonds. The van der Waals surface area contributed by atoms with E-state index in [0.717, 1.165) is 50.2 Å². The standard InChI is InChI=1S/C16H22N4O2S/c1-2-12-16(21)17-8-5-10-20(12)9-3-7-14-18-15(19-22-14)13-6-4-11-23-13/h4,6,11-12H,2-3,5,7-10H2,1H3,(H,17,21)/t12-/m0/s1. The van der Waals surface area contributed by atoms with E-state index >= 15 is 0 Å². The van der Waals surface area contributed by atoms with Gasteiger partial charge in [-0.05, 0) is 37.3 Å². The molecule has 0 unspecified atom stereocenters. The quantitative estimate of drug-likeness (QED) is 0.878. The van der Waals surface area contributed by atoms with Crippen LogP contribution in [0.25, 0.3) is 10.7 Å². The normalized spacial score (nSPS) is 19.5.